The van der Waals surface area contributed by atoms with E-state index in [2.05, 4.69) is 21.2 Å². The van der Waals surface area contributed by atoms with Crippen LogP contribution >= 0.6 is 0 Å². The number of amides is 1. The van der Waals surface area contributed by atoms with Crippen LogP contribution in [-0.2, 0) is 4.79 Å². The van der Waals surface area contributed by atoms with Crippen LogP contribution in [0.15, 0.2) is 16.9 Å². The maximum absolute atomic E-state index is 14.6. The number of amidine groups is 1. The van der Waals surface area contributed by atoms with Crippen molar-refractivity contribution in [2.75, 3.05) is 0 Å². The Labute approximate surface area is 183 Å². The van der Waals surface area contributed by atoms with Crippen molar-refractivity contribution in [3.05, 3.63) is 11.9 Å². The SMILES string of the molecule is NNC(=NC1CC(F)(F)C1)C(C1CC1)N1C=C(NC(=O)CC2CCC(F)(F)CC2)C(F)N1. The van der Waals surface area contributed by atoms with Gasteiger partial charge in [-0.15, -0.1) is 0 Å². The number of hydrogen-bond donors (Lipinski definition) is 4. The van der Waals surface area contributed by atoms with Gasteiger partial charge in [-0.1, -0.05) is 0 Å². The van der Waals surface area contributed by atoms with Crippen molar-refractivity contribution in [3.8, 4) is 0 Å². The minimum atomic E-state index is -2.72. The van der Waals surface area contributed by atoms with Crippen LogP contribution in [0, 0.1) is 11.8 Å². The Hall–Kier alpha value is -1.95. The monoisotopic (exact) mass is 464 g/mol. The van der Waals surface area contributed by atoms with Gasteiger partial charge in [-0.05, 0) is 37.5 Å². The van der Waals surface area contributed by atoms with Gasteiger partial charge in [-0.3, -0.25) is 14.8 Å². The first kappa shape index (κ1) is 23.2. The lowest BCUT2D eigenvalue weighted by Gasteiger charge is -2.35. The van der Waals surface area contributed by atoms with E-state index in [1.54, 1.807) is 0 Å². The molecule has 1 heterocycles. The average molecular weight is 464 g/mol. The van der Waals surface area contributed by atoms with Gasteiger partial charge in [-0.25, -0.2) is 27.8 Å². The van der Waals surface area contributed by atoms with Crippen LogP contribution in [0.2, 0.25) is 0 Å². The number of aliphatic imine (C=N–C) groups is 1. The smallest absolute Gasteiger partial charge is 0.252 e. The predicted molar refractivity (Wildman–Crippen MR) is 107 cm³/mol. The number of carbonyl (C=O) groups is 1. The van der Waals surface area contributed by atoms with Crippen LogP contribution < -0.4 is 22.0 Å². The molecule has 3 saturated carbocycles. The second kappa shape index (κ2) is 8.77. The van der Waals surface area contributed by atoms with E-state index in [0.29, 0.717) is 5.84 Å². The van der Waals surface area contributed by atoms with E-state index < -0.39 is 36.1 Å². The lowest BCUT2D eigenvalue weighted by Crippen LogP contribution is -2.54. The highest BCUT2D eigenvalue weighted by atomic mass is 19.3. The zero-order valence-corrected chi connectivity index (χ0v) is 17.6. The number of alkyl halides is 5. The highest BCUT2D eigenvalue weighted by molar-refractivity contribution is 5.88. The van der Waals surface area contributed by atoms with Crippen LogP contribution in [0.5, 0.6) is 0 Å². The van der Waals surface area contributed by atoms with Gasteiger partial charge in [0.15, 0.2) is 0 Å². The zero-order chi connectivity index (χ0) is 23.1. The van der Waals surface area contributed by atoms with Crippen molar-refractivity contribution >= 4 is 11.7 Å². The molecule has 1 aliphatic heterocycles. The number of carbonyl (C=O) groups excluding carboxylic acids is 1. The fourth-order valence-electron chi connectivity index (χ4n) is 4.60. The third kappa shape index (κ3) is 5.51. The molecule has 5 N–H and O–H groups in total. The summed E-state index contributed by atoms with van der Waals surface area (Å²) >= 11 is 0. The van der Waals surface area contributed by atoms with E-state index in [4.69, 9.17) is 5.84 Å². The minimum Gasteiger partial charge on any atom is -0.325 e. The largest absolute Gasteiger partial charge is 0.325 e. The van der Waals surface area contributed by atoms with Crippen molar-refractivity contribution < 1.29 is 26.7 Å². The van der Waals surface area contributed by atoms with Gasteiger partial charge < -0.3 is 10.7 Å². The van der Waals surface area contributed by atoms with Gasteiger partial charge >= 0.3 is 0 Å². The van der Waals surface area contributed by atoms with Gasteiger partial charge in [0.05, 0.1) is 11.7 Å². The fourth-order valence-corrected chi connectivity index (χ4v) is 4.60. The second-order valence-electron chi connectivity index (χ2n) is 9.39. The van der Waals surface area contributed by atoms with Crippen LogP contribution in [0.4, 0.5) is 22.0 Å². The molecule has 12 heteroatoms. The molecule has 3 aliphatic carbocycles. The highest BCUT2D eigenvalue weighted by Gasteiger charge is 2.47. The van der Waals surface area contributed by atoms with E-state index in [0.717, 1.165) is 12.8 Å². The molecule has 4 aliphatic rings. The zero-order valence-electron chi connectivity index (χ0n) is 17.6. The molecule has 32 heavy (non-hydrogen) atoms. The van der Waals surface area contributed by atoms with E-state index in [-0.39, 0.29) is 62.5 Å². The number of hydrazine groups is 2. The number of nitrogens with two attached hydrogens (primary N) is 1. The first-order chi connectivity index (χ1) is 15.0. The third-order valence-corrected chi connectivity index (χ3v) is 6.59. The molecule has 1 amide bonds. The Balaban J connectivity index is 1.37. The summed E-state index contributed by atoms with van der Waals surface area (Å²) in [4.78, 5) is 16.7. The van der Waals surface area contributed by atoms with Gasteiger partial charge in [0, 0.05) is 38.3 Å². The van der Waals surface area contributed by atoms with E-state index in [1.807, 2.05) is 0 Å². The van der Waals surface area contributed by atoms with E-state index in [9.17, 15) is 26.7 Å². The molecule has 0 aromatic heterocycles. The molecule has 180 valence electrons. The summed E-state index contributed by atoms with van der Waals surface area (Å²) in [6, 6.07) is -1.03. The molecular formula is C20H29F5N6O. The molecule has 2 unspecified atom stereocenters. The third-order valence-electron chi connectivity index (χ3n) is 6.59. The fraction of sp³-hybridized carbons (Fsp3) is 0.800. The maximum atomic E-state index is 14.6. The standard InChI is InChI=1S/C20H29F5N6O/c21-17-14(28-15(32)7-11-3-5-19(22,23)6-4-11)10-31(30-17)16(12-1-2-12)18(29-26)27-13-8-20(24,25)9-13/h10-13,16-17,30H,1-9,26H2,(H,27,29)(H,28,32). The lowest BCUT2D eigenvalue weighted by atomic mass is 9.84. The summed E-state index contributed by atoms with van der Waals surface area (Å²) in [6.45, 7) is 0. The predicted octanol–water partition coefficient (Wildman–Crippen LogP) is 2.71. The molecule has 2 atom stereocenters. The molecule has 0 aromatic carbocycles. The van der Waals surface area contributed by atoms with Crippen LogP contribution in [0.25, 0.3) is 0 Å². The lowest BCUT2D eigenvalue weighted by molar-refractivity contribution is -0.122. The topological polar surface area (TPSA) is 94.8 Å². The van der Waals surface area contributed by atoms with Gasteiger partial charge in [0.2, 0.25) is 18.1 Å². The molecule has 4 rings (SSSR count). The number of hydrogen-bond acceptors (Lipinski definition) is 5. The van der Waals surface area contributed by atoms with E-state index in [1.165, 1.54) is 11.2 Å². The Kier molecular flexibility index (Phi) is 6.36. The van der Waals surface area contributed by atoms with Gasteiger partial charge in [0.1, 0.15) is 11.9 Å². The second-order valence-corrected chi connectivity index (χ2v) is 9.39. The number of halogens is 5. The van der Waals surface area contributed by atoms with Crippen LogP contribution in [-0.4, -0.2) is 47.0 Å². The van der Waals surface area contributed by atoms with E-state index >= 15 is 0 Å². The van der Waals surface area contributed by atoms with Crippen LogP contribution in [0.3, 0.4) is 0 Å². The molecule has 0 bridgehead atoms. The number of rotatable bonds is 7. The van der Waals surface area contributed by atoms with Gasteiger partial charge in [0.25, 0.3) is 5.92 Å². The molecule has 0 spiro atoms. The maximum Gasteiger partial charge on any atom is 0.252 e. The Morgan fingerprint density at radius 1 is 1.19 bits per heavy atom. The molecule has 7 nitrogen and oxygen atoms in total. The first-order valence-electron chi connectivity index (χ1n) is 11.1. The summed E-state index contributed by atoms with van der Waals surface area (Å²) < 4.78 is 67.5. The van der Waals surface area contributed by atoms with Crippen molar-refractivity contribution in [2.45, 2.75) is 88.0 Å². The Bertz CT molecular complexity index is 768. The van der Waals surface area contributed by atoms with Crippen molar-refractivity contribution in [1.29, 1.82) is 0 Å². The molecule has 0 aromatic rings. The highest BCUT2D eigenvalue weighted by Crippen LogP contribution is 2.41. The summed E-state index contributed by atoms with van der Waals surface area (Å²) in [6.07, 6.45) is 0.844. The first-order valence-corrected chi connectivity index (χ1v) is 11.1. The summed E-state index contributed by atoms with van der Waals surface area (Å²) in [5.74, 6) is 0.0502. The van der Waals surface area contributed by atoms with Crippen molar-refractivity contribution in [2.24, 2.45) is 22.7 Å². The number of nitrogens with one attached hydrogen (secondary N) is 3. The van der Waals surface area contributed by atoms with Crippen molar-refractivity contribution in [3.63, 3.8) is 0 Å². The van der Waals surface area contributed by atoms with Crippen LogP contribution in [0.1, 0.15) is 57.8 Å². The van der Waals surface area contributed by atoms with Crippen molar-refractivity contribution in [1.82, 2.24) is 21.2 Å². The summed E-state index contributed by atoms with van der Waals surface area (Å²) in [7, 11) is 0. The Morgan fingerprint density at radius 3 is 2.41 bits per heavy atom. The number of nitrogens with zero attached hydrogens (tertiary/aromatic N) is 2. The Morgan fingerprint density at radius 2 is 1.84 bits per heavy atom. The normalized spacial score (nSPS) is 29.3. The summed E-state index contributed by atoms with van der Waals surface area (Å²) in [5, 5.41) is 4.00. The molecule has 0 radical (unpaired) electrons. The van der Waals surface area contributed by atoms with Gasteiger partial charge in [-0.2, -0.15) is 5.43 Å². The summed E-state index contributed by atoms with van der Waals surface area (Å²) in [5.41, 5.74) is 5.11. The minimum absolute atomic E-state index is 0.00772. The quantitative estimate of drug-likeness (QED) is 0.116. The molecule has 3 fully saturated rings. The molecule has 0 saturated heterocycles. The molecular weight excluding hydrogens is 435 g/mol. The average Bonchev–Trinajstić information content (AvgIpc) is 3.45.